The number of primary amides is 1. The molecule has 164 valence electrons. The number of benzene rings is 1. The lowest BCUT2D eigenvalue weighted by atomic mass is 9.93. The number of likely N-dealkylation sites (tertiary alicyclic amines) is 1. The van der Waals surface area contributed by atoms with E-state index in [9.17, 15) is 23.2 Å². The standard InChI is InChI=1S/C18H24N4O.C2HF3O2/c19-13-15-3-1-2-4-17(15)22-11-7-16(8-12-22)21-9-5-14(6-10-21)18(20)23;3-2(4,5)1(6)7/h1-4,14,16H,5-12H2,(H2,20,23);(H,6,7). The first-order valence-corrected chi connectivity index (χ1v) is 9.71. The van der Waals surface area contributed by atoms with Crippen LogP contribution in [0, 0.1) is 17.2 Å². The second-order valence-corrected chi connectivity index (χ2v) is 7.36. The lowest BCUT2D eigenvalue weighted by Crippen LogP contribution is -2.49. The number of carbonyl (C=O) groups is 2. The molecule has 2 aliphatic heterocycles. The van der Waals surface area contributed by atoms with Gasteiger partial charge in [-0.15, -0.1) is 0 Å². The number of rotatable bonds is 3. The number of nitrogens with two attached hydrogens (primary N) is 1. The Hall–Kier alpha value is -2.80. The molecule has 7 nitrogen and oxygen atoms in total. The van der Waals surface area contributed by atoms with Gasteiger partial charge in [-0.25, -0.2) is 4.79 Å². The third kappa shape index (κ3) is 6.35. The maximum Gasteiger partial charge on any atom is 0.490 e. The first-order valence-electron chi connectivity index (χ1n) is 9.71. The molecule has 0 spiro atoms. The van der Waals surface area contributed by atoms with Gasteiger partial charge in [-0.2, -0.15) is 18.4 Å². The van der Waals surface area contributed by atoms with E-state index < -0.39 is 12.1 Å². The molecular formula is C20H25F3N4O3. The van der Waals surface area contributed by atoms with Crippen LogP contribution in [0.1, 0.15) is 31.2 Å². The number of anilines is 1. The Morgan fingerprint density at radius 3 is 2.07 bits per heavy atom. The Morgan fingerprint density at radius 2 is 1.60 bits per heavy atom. The van der Waals surface area contributed by atoms with Crippen LogP contribution >= 0.6 is 0 Å². The van der Waals surface area contributed by atoms with Gasteiger partial charge in [0.1, 0.15) is 6.07 Å². The van der Waals surface area contributed by atoms with Crippen LogP contribution in [0.15, 0.2) is 24.3 Å². The fraction of sp³-hybridized carbons (Fsp3) is 0.550. The van der Waals surface area contributed by atoms with E-state index in [4.69, 9.17) is 15.6 Å². The predicted molar refractivity (Wildman–Crippen MR) is 104 cm³/mol. The lowest BCUT2D eigenvalue weighted by molar-refractivity contribution is -0.192. The van der Waals surface area contributed by atoms with E-state index >= 15 is 0 Å². The Balaban J connectivity index is 0.000000396. The van der Waals surface area contributed by atoms with Crippen molar-refractivity contribution in [2.24, 2.45) is 11.7 Å². The van der Waals surface area contributed by atoms with Crippen molar-refractivity contribution in [3.63, 3.8) is 0 Å². The summed E-state index contributed by atoms with van der Waals surface area (Å²) >= 11 is 0. The number of nitriles is 1. The molecule has 3 N–H and O–H groups in total. The van der Waals surface area contributed by atoms with Gasteiger partial charge in [0, 0.05) is 25.0 Å². The highest BCUT2D eigenvalue weighted by Crippen LogP contribution is 2.27. The maximum atomic E-state index is 11.3. The fourth-order valence-corrected chi connectivity index (χ4v) is 3.86. The SMILES string of the molecule is N#Cc1ccccc1N1CCC(N2CCC(C(N)=O)CC2)CC1.O=C(O)C(F)(F)F. The number of hydrogen-bond donors (Lipinski definition) is 2. The Labute approximate surface area is 172 Å². The number of hydrogen-bond acceptors (Lipinski definition) is 5. The average molecular weight is 426 g/mol. The molecule has 2 saturated heterocycles. The molecule has 2 heterocycles. The summed E-state index contributed by atoms with van der Waals surface area (Å²) in [5.41, 5.74) is 7.22. The lowest BCUT2D eigenvalue weighted by Gasteiger charge is -2.42. The van der Waals surface area contributed by atoms with E-state index in [1.807, 2.05) is 24.3 Å². The van der Waals surface area contributed by atoms with Crippen LogP contribution in [-0.4, -0.2) is 60.3 Å². The van der Waals surface area contributed by atoms with E-state index in [2.05, 4.69) is 15.9 Å². The van der Waals surface area contributed by atoms with Gasteiger partial charge in [0.05, 0.1) is 11.3 Å². The first-order chi connectivity index (χ1) is 14.1. The molecule has 0 saturated carbocycles. The molecule has 1 aromatic carbocycles. The van der Waals surface area contributed by atoms with Crippen molar-refractivity contribution < 1.29 is 27.9 Å². The van der Waals surface area contributed by atoms with E-state index in [0.717, 1.165) is 63.1 Å². The summed E-state index contributed by atoms with van der Waals surface area (Å²) in [5, 5.41) is 16.4. The van der Waals surface area contributed by atoms with Gasteiger partial charge in [0.25, 0.3) is 0 Å². The quantitative estimate of drug-likeness (QED) is 0.768. The van der Waals surface area contributed by atoms with Crippen molar-refractivity contribution in [1.82, 2.24) is 4.90 Å². The molecule has 0 aliphatic carbocycles. The summed E-state index contributed by atoms with van der Waals surface area (Å²) in [5.74, 6) is -2.84. The number of carboxylic acid groups (broad SMARTS) is 1. The topological polar surface area (TPSA) is 111 Å². The van der Waals surface area contributed by atoms with Crippen LogP contribution in [0.4, 0.5) is 18.9 Å². The highest BCUT2D eigenvalue weighted by molar-refractivity contribution is 5.76. The van der Waals surface area contributed by atoms with Crippen molar-refractivity contribution in [2.75, 3.05) is 31.1 Å². The molecule has 2 aliphatic rings. The molecule has 0 unspecified atom stereocenters. The minimum absolute atomic E-state index is 0.0637. The molecule has 0 bridgehead atoms. The molecule has 0 aromatic heterocycles. The van der Waals surface area contributed by atoms with Crippen LogP contribution in [0.5, 0.6) is 0 Å². The van der Waals surface area contributed by atoms with Crippen molar-refractivity contribution in [3.8, 4) is 6.07 Å². The van der Waals surface area contributed by atoms with Crippen molar-refractivity contribution >= 4 is 17.6 Å². The van der Waals surface area contributed by atoms with E-state index in [0.29, 0.717) is 6.04 Å². The number of aliphatic carboxylic acids is 1. The van der Waals surface area contributed by atoms with Gasteiger partial charge in [-0.1, -0.05) is 12.1 Å². The van der Waals surface area contributed by atoms with Crippen LogP contribution in [-0.2, 0) is 9.59 Å². The summed E-state index contributed by atoms with van der Waals surface area (Å²) in [6.45, 7) is 3.93. The fourth-order valence-electron chi connectivity index (χ4n) is 3.86. The zero-order valence-corrected chi connectivity index (χ0v) is 16.4. The Morgan fingerprint density at radius 1 is 1.07 bits per heavy atom. The van der Waals surface area contributed by atoms with Gasteiger partial charge in [-0.3, -0.25) is 4.79 Å². The van der Waals surface area contributed by atoms with Crippen molar-refractivity contribution in [2.45, 2.75) is 37.9 Å². The number of piperidine rings is 2. The average Bonchev–Trinajstić information content (AvgIpc) is 2.73. The second kappa shape index (κ2) is 10.3. The molecular weight excluding hydrogens is 401 g/mol. The van der Waals surface area contributed by atoms with Crippen LogP contribution in [0.3, 0.4) is 0 Å². The maximum absolute atomic E-state index is 11.3. The number of para-hydroxylation sites is 1. The van der Waals surface area contributed by atoms with E-state index in [1.165, 1.54) is 0 Å². The highest BCUT2D eigenvalue weighted by Gasteiger charge is 2.38. The number of alkyl halides is 3. The second-order valence-electron chi connectivity index (χ2n) is 7.36. The van der Waals surface area contributed by atoms with Crippen molar-refractivity contribution in [3.05, 3.63) is 29.8 Å². The van der Waals surface area contributed by atoms with Gasteiger partial charge in [-0.05, 0) is 50.9 Å². The molecule has 0 radical (unpaired) electrons. The van der Waals surface area contributed by atoms with Crippen molar-refractivity contribution in [1.29, 1.82) is 5.26 Å². The summed E-state index contributed by atoms with van der Waals surface area (Å²) < 4.78 is 31.7. The molecule has 0 atom stereocenters. The molecule has 30 heavy (non-hydrogen) atoms. The number of amides is 1. The Kier molecular flexibility index (Phi) is 8.06. The third-order valence-electron chi connectivity index (χ3n) is 5.52. The normalized spacial score (nSPS) is 18.8. The summed E-state index contributed by atoms with van der Waals surface area (Å²) in [4.78, 5) is 25.0. The number of halogens is 3. The largest absolute Gasteiger partial charge is 0.490 e. The van der Waals surface area contributed by atoms with Gasteiger partial charge in [0.2, 0.25) is 5.91 Å². The zero-order valence-electron chi connectivity index (χ0n) is 16.4. The van der Waals surface area contributed by atoms with E-state index in [1.54, 1.807) is 0 Å². The minimum atomic E-state index is -5.08. The number of carbonyl (C=O) groups excluding carboxylic acids is 1. The molecule has 1 amide bonds. The smallest absolute Gasteiger partial charge is 0.475 e. The van der Waals surface area contributed by atoms with Crippen LogP contribution in [0.2, 0.25) is 0 Å². The molecule has 3 rings (SSSR count). The van der Waals surface area contributed by atoms with E-state index in [-0.39, 0.29) is 11.8 Å². The van der Waals surface area contributed by atoms with Gasteiger partial charge in [0.15, 0.2) is 0 Å². The highest BCUT2D eigenvalue weighted by atomic mass is 19.4. The van der Waals surface area contributed by atoms with Crippen LogP contribution in [0.25, 0.3) is 0 Å². The third-order valence-corrected chi connectivity index (χ3v) is 5.52. The number of nitrogens with zero attached hydrogens (tertiary/aromatic N) is 3. The monoisotopic (exact) mass is 426 g/mol. The zero-order chi connectivity index (χ0) is 22.3. The van der Waals surface area contributed by atoms with Gasteiger partial charge >= 0.3 is 12.1 Å². The molecule has 1 aromatic rings. The summed E-state index contributed by atoms with van der Waals surface area (Å²) in [6.07, 6.45) is -1.07. The number of carboxylic acids is 1. The predicted octanol–water partition coefficient (Wildman–Crippen LogP) is 2.36. The van der Waals surface area contributed by atoms with Gasteiger partial charge < -0.3 is 20.6 Å². The first kappa shape index (κ1) is 23.5. The summed E-state index contributed by atoms with van der Waals surface area (Å²) in [6, 6.07) is 10.7. The molecule has 2 fully saturated rings. The summed E-state index contributed by atoms with van der Waals surface area (Å²) in [7, 11) is 0. The Bertz CT molecular complexity index is 778. The van der Waals surface area contributed by atoms with Crippen LogP contribution < -0.4 is 10.6 Å². The minimum Gasteiger partial charge on any atom is -0.475 e. The molecule has 10 heteroatoms.